The highest BCUT2D eigenvalue weighted by Crippen LogP contribution is 2.69. The fourth-order valence-corrected chi connectivity index (χ4v) is 12.8. The molecule has 0 amide bonds. The number of aromatic nitrogens is 1. The predicted molar refractivity (Wildman–Crippen MR) is 251 cm³/mol. The molecule has 1 aliphatic heterocycles. The van der Waals surface area contributed by atoms with E-state index in [4.69, 9.17) is 4.74 Å². The van der Waals surface area contributed by atoms with Crippen molar-refractivity contribution in [2.45, 2.75) is 37.5 Å². The first-order valence-corrected chi connectivity index (χ1v) is 22.3. The van der Waals surface area contributed by atoms with Gasteiger partial charge in [0.1, 0.15) is 11.5 Å². The van der Waals surface area contributed by atoms with Gasteiger partial charge in [0.15, 0.2) is 0 Å². The molecule has 1 aromatic heterocycles. The monoisotopic (exact) mass is 786 g/mol. The zero-order valence-corrected chi connectivity index (χ0v) is 34.1. The Morgan fingerprint density at radius 2 is 0.967 bits per heavy atom. The van der Waals surface area contributed by atoms with Crippen molar-refractivity contribution in [3.8, 4) is 39.4 Å². The van der Waals surface area contributed by atoms with Gasteiger partial charge in [-0.05, 0) is 139 Å². The van der Waals surface area contributed by atoms with Crippen LogP contribution in [0.15, 0.2) is 194 Å². The van der Waals surface area contributed by atoms with Gasteiger partial charge in [-0.1, -0.05) is 127 Å². The fraction of sp³-hybridized carbons (Fsp3) is 0.172. The second kappa shape index (κ2) is 13.6. The second-order valence-corrected chi connectivity index (χ2v) is 18.2. The highest BCUT2D eigenvalue weighted by atomic mass is 16.5. The third-order valence-electron chi connectivity index (χ3n) is 15.0. The summed E-state index contributed by atoms with van der Waals surface area (Å²) < 4.78 is 9.40. The average Bonchev–Trinajstić information content (AvgIpc) is 3.65. The number of nitrogens with zero attached hydrogens (tertiary/aromatic N) is 2. The second-order valence-electron chi connectivity index (χ2n) is 18.2. The smallest absolute Gasteiger partial charge is 0.133 e. The van der Waals surface area contributed by atoms with Crippen molar-refractivity contribution < 1.29 is 4.74 Å². The van der Waals surface area contributed by atoms with Gasteiger partial charge in [0.25, 0.3) is 0 Å². The molecule has 0 N–H and O–H groups in total. The summed E-state index contributed by atoms with van der Waals surface area (Å²) in [5.41, 5.74) is 14.5. The van der Waals surface area contributed by atoms with Crippen LogP contribution in [0.3, 0.4) is 0 Å². The number of fused-ring (bicyclic) bond motifs is 5. The third kappa shape index (κ3) is 5.36. The van der Waals surface area contributed by atoms with Gasteiger partial charge in [-0.15, -0.1) is 0 Å². The van der Waals surface area contributed by atoms with Crippen LogP contribution in [0.25, 0.3) is 49.7 Å². The van der Waals surface area contributed by atoms with Crippen molar-refractivity contribution in [2.24, 2.45) is 23.7 Å². The van der Waals surface area contributed by atoms with E-state index in [-0.39, 0.29) is 5.41 Å². The largest absolute Gasteiger partial charge is 0.457 e. The fourth-order valence-electron chi connectivity index (χ4n) is 12.8. The topological polar surface area (TPSA) is 17.4 Å². The van der Waals surface area contributed by atoms with Crippen LogP contribution < -0.4 is 9.64 Å². The Bertz CT molecular complexity index is 3060. The van der Waals surface area contributed by atoms with Crippen molar-refractivity contribution in [3.05, 3.63) is 205 Å². The molecule has 8 aromatic carbocycles. The van der Waals surface area contributed by atoms with Crippen LogP contribution >= 0.6 is 0 Å². The highest BCUT2D eigenvalue weighted by molar-refractivity contribution is 6.09. The molecule has 4 aliphatic carbocycles. The Kier molecular flexibility index (Phi) is 7.79. The van der Waals surface area contributed by atoms with E-state index in [2.05, 4.69) is 204 Å². The molecule has 294 valence electrons. The molecule has 0 radical (unpaired) electrons. The molecule has 4 fully saturated rings. The zero-order chi connectivity index (χ0) is 40.1. The lowest BCUT2D eigenvalue weighted by molar-refractivity contribution is -0.0452. The Balaban J connectivity index is 0.926. The molecule has 0 atom stereocenters. The molecule has 14 rings (SSSR count). The van der Waals surface area contributed by atoms with Gasteiger partial charge in [-0.3, -0.25) is 0 Å². The molecule has 61 heavy (non-hydrogen) atoms. The molecule has 4 bridgehead atoms. The number of benzene rings is 8. The van der Waals surface area contributed by atoms with Gasteiger partial charge in [0.05, 0.1) is 11.0 Å². The summed E-state index contributed by atoms with van der Waals surface area (Å²) in [6.45, 7) is 0. The van der Waals surface area contributed by atoms with Gasteiger partial charge in [-0.2, -0.15) is 0 Å². The first kappa shape index (κ1) is 35.0. The minimum absolute atomic E-state index is 0.0175. The molecule has 4 saturated carbocycles. The van der Waals surface area contributed by atoms with Crippen LogP contribution in [0.5, 0.6) is 11.5 Å². The average molecular weight is 787 g/mol. The molecule has 9 aromatic rings. The van der Waals surface area contributed by atoms with Crippen LogP contribution in [0.2, 0.25) is 0 Å². The van der Waals surface area contributed by atoms with E-state index in [1.54, 1.807) is 0 Å². The quantitative estimate of drug-likeness (QED) is 0.167. The summed E-state index contributed by atoms with van der Waals surface area (Å²) in [5.74, 6) is 5.17. The maximum atomic E-state index is 7.01. The SMILES string of the molecule is c1ccc(-c2cccc(N(c3ccc(-c4cccc(-n5c6ccccc6c6ccccc65)c4)cc3)c3ccc4c(c3)Oc3ccccc3C43C4CC5CC(C4)CC3C5)c2)cc1. The van der Waals surface area contributed by atoms with Crippen LogP contribution in [-0.4, -0.2) is 4.57 Å². The maximum absolute atomic E-state index is 7.01. The van der Waals surface area contributed by atoms with Crippen LogP contribution in [-0.2, 0) is 5.41 Å². The molecule has 1 spiro atoms. The lowest BCUT2D eigenvalue weighted by Gasteiger charge is -2.63. The number of rotatable bonds is 6. The summed E-state index contributed by atoms with van der Waals surface area (Å²) >= 11 is 0. The van der Waals surface area contributed by atoms with E-state index in [1.165, 1.54) is 87.3 Å². The van der Waals surface area contributed by atoms with Gasteiger partial charge >= 0.3 is 0 Å². The molecule has 5 aliphatic rings. The van der Waals surface area contributed by atoms with E-state index in [9.17, 15) is 0 Å². The Morgan fingerprint density at radius 1 is 0.410 bits per heavy atom. The highest BCUT2D eigenvalue weighted by Gasteiger charge is 2.61. The van der Waals surface area contributed by atoms with Gasteiger partial charge in [-0.25, -0.2) is 0 Å². The van der Waals surface area contributed by atoms with E-state index in [0.29, 0.717) is 11.8 Å². The molecule has 3 heteroatoms. The van der Waals surface area contributed by atoms with Crippen molar-refractivity contribution in [3.63, 3.8) is 0 Å². The van der Waals surface area contributed by atoms with E-state index in [1.807, 2.05) is 0 Å². The van der Waals surface area contributed by atoms with Crippen molar-refractivity contribution >= 4 is 38.9 Å². The number of ether oxygens (including phenoxy) is 1. The van der Waals surface area contributed by atoms with E-state index >= 15 is 0 Å². The first-order valence-electron chi connectivity index (χ1n) is 22.3. The van der Waals surface area contributed by atoms with Gasteiger partial charge in [0.2, 0.25) is 0 Å². The Labute approximate surface area is 357 Å². The zero-order valence-electron chi connectivity index (χ0n) is 34.1. The number of para-hydroxylation sites is 3. The van der Waals surface area contributed by atoms with Crippen LogP contribution in [0.4, 0.5) is 17.1 Å². The summed E-state index contributed by atoms with van der Waals surface area (Å²) in [7, 11) is 0. The molecular weight excluding hydrogens is 741 g/mol. The summed E-state index contributed by atoms with van der Waals surface area (Å²) in [4.78, 5) is 2.42. The number of hydrogen-bond acceptors (Lipinski definition) is 2. The number of hydrogen-bond donors (Lipinski definition) is 0. The Hall–Kier alpha value is -6.84. The van der Waals surface area contributed by atoms with Crippen LogP contribution in [0.1, 0.15) is 43.2 Å². The normalized spacial score (nSPS) is 22.0. The molecule has 2 heterocycles. The minimum Gasteiger partial charge on any atom is -0.457 e. The van der Waals surface area contributed by atoms with Crippen molar-refractivity contribution in [1.29, 1.82) is 0 Å². The van der Waals surface area contributed by atoms with Crippen LogP contribution in [0, 0.1) is 23.7 Å². The lowest BCUT2D eigenvalue weighted by Crippen LogP contribution is -2.56. The maximum Gasteiger partial charge on any atom is 0.133 e. The molecule has 0 saturated heterocycles. The van der Waals surface area contributed by atoms with Gasteiger partial charge < -0.3 is 14.2 Å². The minimum atomic E-state index is 0.0175. The van der Waals surface area contributed by atoms with Crippen molar-refractivity contribution in [2.75, 3.05) is 4.90 Å². The first-order chi connectivity index (χ1) is 30.2. The number of anilines is 3. The van der Waals surface area contributed by atoms with Gasteiger partial charge in [0, 0.05) is 56.1 Å². The standard InChI is InChI=1S/C58H46N2O/c1-2-12-40(13-3-1)42-14-10-16-47(35-42)59(49-28-29-53-57(37-49)61-56-23-9-6-20-52(56)58(53)44-31-38-30-39(33-44)34-45(58)32-38)46-26-24-41(25-27-46)43-15-11-17-48(36-43)60-54-21-7-4-18-50(54)51-19-5-8-22-55(51)60/h1-29,35-39,44-45H,30-34H2. The summed E-state index contributed by atoms with van der Waals surface area (Å²) in [6, 6.07) is 71.4. The summed E-state index contributed by atoms with van der Waals surface area (Å²) in [6.07, 6.45) is 6.81. The molecule has 0 unspecified atom stereocenters. The van der Waals surface area contributed by atoms with E-state index in [0.717, 1.165) is 46.1 Å². The third-order valence-corrected chi connectivity index (χ3v) is 15.0. The lowest BCUT2D eigenvalue weighted by atomic mass is 9.42. The Morgan fingerprint density at radius 3 is 1.70 bits per heavy atom. The van der Waals surface area contributed by atoms with E-state index < -0.39 is 0 Å². The predicted octanol–water partition coefficient (Wildman–Crippen LogP) is 15.4. The molecule has 3 nitrogen and oxygen atoms in total. The van der Waals surface area contributed by atoms with Crippen molar-refractivity contribution in [1.82, 2.24) is 4.57 Å². The summed E-state index contributed by atoms with van der Waals surface area (Å²) in [5, 5.41) is 2.54. The molecular formula is C58H46N2O.